The zero-order valence-electron chi connectivity index (χ0n) is 9.14. The van der Waals surface area contributed by atoms with E-state index < -0.39 is 0 Å². The topological polar surface area (TPSA) is 26.0 Å². The van der Waals surface area contributed by atoms with Gasteiger partial charge in [-0.25, -0.2) is 0 Å². The van der Waals surface area contributed by atoms with Crippen LogP contribution in [0.2, 0.25) is 0 Å². The van der Waals surface area contributed by atoms with E-state index in [1.165, 1.54) is 29.5 Å². The van der Waals surface area contributed by atoms with E-state index >= 15 is 0 Å². The molecule has 0 amide bonds. The van der Waals surface area contributed by atoms with E-state index in [4.69, 9.17) is 5.73 Å². The van der Waals surface area contributed by atoms with Gasteiger partial charge in [-0.2, -0.15) is 0 Å². The first kappa shape index (κ1) is 9.72. The van der Waals surface area contributed by atoms with Crippen molar-refractivity contribution in [3.8, 4) is 0 Å². The maximum atomic E-state index is 6.14. The summed E-state index contributed by atoms with van der Waals surface area (Å²) in [5.41, 5.74) is 10.5. The largest absolute Gasteiger partial charge is 0.325 e. The fraction of sp³-hybridized carbons (Fsp3) is 0.538. The van der Waals surface area contributed by atoms with E-state index in [-0.39, 0.29) is 5.54 Å². The minimum Gasteiger partial charge on any atom is -0.325 e. The van der Waals surface area contributed by atoms with Crippen LogP contribution in [0.25, 0.3) is 0 Å². The molecule has 1 aromatic rings. The van der Waals surface area contributed by atoms with Gasteiger partial charge in [0.25, 0.3) is 0 Å². The molecule has 1 fully saturated rings. The molecule has 0 bridgehead atoms. The summed E-state index contributed by atoms with van der Waals surface area (Å²) in [5.74, 6) is 0. The Morgan fingerprint density at radius 1 is 1.36 bits per heavy atom. The van der Waals surface area contributed by atoms with E-state index in [0.717, 1.165) is 12.8 Å². The minimum absolute atomic E-state index is 0.136. The Hall–Kier alpha value is -0.820. The zero-order valence-corrected chi connectivity index (χ0v) is 9.14. The van der Waals surface area contributed by atoms with E-state index in [9.17, 15) is 0 Å². The number of benzene rings is 1. The van der Waals surface area contributed by atoms with Crippen molar-refractivity contribution in [2.45, 2.75) is 45.1 Å². The van der Waals surface area contributed by atoms with Crippen LogP contribution in [0, 0.1) is 6.92 Å². The van der Waals surface area contributed by atoms with Gasteiger partial charge in [0.1, 0.15) is 0 Å². The highest BCUT2D eigenvalue weighted by Crippen LogP contribution is 2.36. The number of hydrogen-bond donors (Lipinski definition) is 1. The predicted molar refractivity (Wildman–Crippen MR) is 60.4 cm³/mol. The Balaban J connectivity index is 2.22. The first-order chi connectivity index (χ1) is 6.63. The van der Waals surface area contributed by atoms with Gasteiger partial charge in [-0.1, -0.05) is 25.1 Å². The zero-order chi connectivity index (χ0) is 10.2. The number of aryl methyl sites for hydroxylation is 2. The lowest BCUT2D eigenvalue weighted by molar-refractivity contribution is 0.669. The van der Waals surface area contributed by atoms with Crippen LogP contribution < -0.4 is 5.73 Å². The van der Waals surface area contributed by atoms with Crippen LogP contribution in [0.5, 0.6) is 0 Å². The fourth-order valence-corrected chi connectivity index (χ4v) is 1.85. The summed E-state index contributed by atoms with van der Waals surface area (Å²) in [7, 11) is 0. The van der Waals surface area contributed by atoms with Crippen LogP contribution in [-0.4, -0.2) is 5.54 Å². The molecular formula is C13H19N. The SMILES string of the molecule is CCc1ccc(C)c(CC2(N)CC2)c1. The molecule has 1 aromatic carbocycles. The second-order valence-electron chi connectivity index (χ2n) is 4.65. The van der Waals surface area contributed by atoms with E-state index in [1.54, 1.807) is 0 Å². The van der Waals surface area contributed by atoms with Crippen molar-refractivity contribution >= 4 is 0 Å². The molecule has 1 heteroatoms. The van der Waals surface area contributed by atoms with Crippen LogP contribution in [0.4, 0.5) is 0 Å². The van der Waals surface area contributed by atoms with Crippen molar-refractivity contribution in [2.75, 3.05) is 0 Å². The molecule has 2 rings (SSSR count). The number of hydrogen-bond acceptors (Lipinski definition) is 1. The van der Waals surface area contributed by atoms with Gasteiger partial charge in [-0.3, -0.25) is 0 Å². The predicted octanol–water partition coefficient (Wildman–Crippen LogP) is 2.59. The van der Waals surface area contributed by atoms with Crippen molar-refractivity contribution in [3.05, 3.63) is 34.9 Å². The van der Waals surface area contributed by atoms with E-state index in [0.29, 0.717) is 0 Å². The molecule has 1 aliphatic rings. The molecule has 0 unspecified atom stereocenters. The maximum Gasteiger partial charge on any atom is 0.0196 e. The van der Waals surface area contributed by atoms with Crippen molar-refractivity contribution in [2.24, 2.45) is 5.73 Å². The van der Waals surface area contributed by atoms with Crippen LogP contribution in [0.15, 0.2) is 18.2 Å². The molecule has 14 heavy (non-hydrogen) atoms. The van der Waals surface area contributed by atoms with Gasteiger partial charge < -0.3 is 5.73 Å². The molecule has 0 aliphatic heterocycles. The average Bonchev–Trinajstić information content (AvgIpc) is 2.88. The third-order valence-corrected chi connectivity index (χ3v) is 3.26. The molecule has 1 aliphatic carbocycles. The molecular weight excluding hydrogens is 170 g/mol. The second-order valence-corrected chi connectivity index (χ2v) is 4.65. The summed E-state index contributed by atoms with van der Waals surface area (Å²) in [6, 6.07) is 6.76. The normalized spacial score (nSPS) is 18.2. The molecule has 0 saturated heterocycles. The molecule has 1 nitrogen and oxygen atoms in total. The van der Waals surface area contributed by atoms with Gasteiger partial charge in [0.2, 0.25) is 0 Å². The molecule has 2 N–H and O–H groups in total. The summed E-state index contributed by atoms with van der Waals surface area (Å²) in [5, 5.41) is 0. The average molecular weight is 189 g/mol. The van der Waals surface area contributed by atoms with E-state index in [1.807, 2.05) is 0 Å². The van der Waals surface area contributed by atoms with Gasteiger partial charge in [-0.05, 0) is 49.3 Å². The summed E-state index contributed by atoms with van der Waals surface area (Å²) in [6.07, 6.45) is 4.57. The smallest absolute Gasteiger partial charge is 0.0196 e. The lowest BCUT2D eigenvalue weighted by Crippen LogP contribution is -2.24. The molecule has 0 aromatic heterocycles. The highest BCUT2D eigenvalue weighted by Gasteiger charge is 2.38. The summed E-state index contributed by atoms with van der Waals surface area (Å²) in [6.45, 7) is 4.38. The molecule has 0 radical (unpaired) electrons. The van der Waals surface area contributed by atoms with Crippen LogP contribution >= 0.6 is 0 Å². The summed E-state index contributed by atoms with van der Waals surface area (Å²) < 4.78 is 0. The number of nitrogens with two attached hydrogens (primary N) is 1. The Morgan fingerprint density at radius 3 is 2.64 bits per heavy atom. The molecule has 0 spiro atoms. The second kappa shape index (κ2) is 3.39. The maximum absolute atomic E-state index is 6.14. The van der Waals surface area contributed by atoms with Crippen LogP contribution in [0.3, 0.4) is 0 Å². The third kappa shape index (κ3) is 1.98. The lowest BCUT2D eigenvalue weighted by atomic mass is 9.97. The Labute approximate surface area is 86.3 Å². The van der Waals surface area contributed by atoms with Crippen LogP contribution in [0.1, 0.15) is 36.5 Å². The quantitative estimate of drug-likeness (QED) is 0.777. The highest BCUT2D eigenvalue weighted by atomic mass is 14.8. The van der Waals surface area contributed by atoms with Crippen molar-refractivity contribution in [3.63, 3.8) is 0 Å². The Bertz CT molecular complexity index is 337. The molecule has 0 heterocycles. The third-order valence-electron chi connectivity index (χ3n) is 3.26. The first-order valence-corrected chi connectivity index (χ1v) is 5.50. The monoisotopic (exact) mass is 189 g/mol. The standard InChI is InChI=1S/C13H19N/c1-3-11-5-4-10(2)12(8-11)9-13(14)6-7-13/h4-5,8H,3,6-7,9,14H2,1-2H3. The van der Waals surface area contributed by atoms with E-state index in [2.05, 4.69) is 32.0 Å². The lowest BCUT2D eigenvalue weighted by Gasteiger charge is -2.12. The van der Waals surface area contributed by atoms with Crippen molar-refractivity contribution in [1.29, 1.82) is 0 Å². The van der Waals surface area contributed by atoms with Crippen LogP contribution in [-0.2, 0) is 12.8 Å². The van der Waals surface area contributed by atoms with Crippen molar-refractivity contribution < 1.29 is 0 Å². The molecule has 1 saturated carbocycles. The van der Waals surface area contributed by atoms with Gasteiger partial charge in [0.05, 0.1) is 0 Å². The van der Waals surface area contributed by atoms with Gasteiger partial charge in [0, 0.05) is 5.54 Å². The Kier molecular flexibility index (Phi) is 2.36. The fourth-order valence-electron chi connectivity index (χ4n) is 1.85. The van der Waals surface area contributed by atoms with Gasteiger partial charge in [-0.15, -0.1) is 0 Å². The first-order valence-electron chi connectivity index (χ1n) is 5.50. The highest BCUT2D eigenvalue weighted by molar-refractivity contribution is 5.33. The minimum atomic E-state index is 0.136. The molecule has 0 atom stereocenters. The van der Waals surface area contributed by atoms with Gasteiger partial charge >= 0.3 is 0 Å². The molecule has 76 valence electrons. The van der Waals surface area contributed by atoms with Gasteiger partial charge in [0.15, 0.2) is 0 Å². The summed E-state index contributed by atoms with van der Waals surface area (Å²) >= 11 is 0. The van der Waals surface area contributed by atoms with Crippen molar-refractivity contribution in [1.82, 2.24) is 0 Å². The summed E-state index contributed by atoms with van der Waals surface area (Å²) in [4.78, 5) is 0. The number of rotatable bonds is 3. The Morgan fingerprint density at radius 2 is 2.07 bits per heavy atom.